The molecule has 1 fully saturated rings. The minimum Gasteiger partial charge on any atom is -0.355 e. The molecule has 0 heterocycles. The zero-order valence-electron chi connectivity index (χ0n) is 12.2. The van der Waals surface area contributed by atoms with Gasteiger partial charge < -0.3 is 11.1 Å². The molecular weight excluding hydrogens is 260 g/mol. The predicted octanol–water partition coefficient (Wildman–Crippen LogP) is 2.63. The van der Waals surface area contributed by atoms with Crippen molar-refractivity contribution in [1.29, 1.82) is 0 Å². The molecule has 3 heteroatoms. The Balaban J connectivity index is 1.63. The molecule has 0 saturated heterocycles. The summed E-state index contributed by atoms with van der Waals surface area (Å²) in [6.07, 6.45) is 3.84. The van der Waals surface area contributed by atoms with E-state index in [1.165, 1.54) is 11.8 Å². The van der Waals surface area contributed by atoms with E-state index < -0.39 is 0 Å². The van der Waals surface area contributed by atoms with E-state index in [9.17, 15) is 4.79 Å². The number of carbonyl (C=O) groups excluding carboxylic acids is 1. The van der Waals surface area contributed by atoms with E-state index in [0.29, 0.717) is 18.9 Å². The van der Waals surface area contributed by atoms with Gasteiger partial charge in [0.05, 0.1) is 6.42 Å². The molecule has 2 aromatic carbocycles. The van der Waals surface area contributed by atoms with E-state index in [4.69, 9.17) is 5.73 Å². The summed E-state index contributed by atoms with van der Waals surface area (Å²) in [5, 5.41) is 5.39. The number of nitrogens with one attached hydrogen (secondary N) is 1. The van der Waals surface area contributed by atoms with Crippen LogP contribution in [-0.4, -0.2) is 18.5 Å². The number of fused-ring (bicyclic) bond motifs is 1. The van der Waals surface area contributed by atoms with Crippen molar-refractivity contribution in [2.75, 3.05) is 6.54 Å². The van der Waals surface area contributed by atoms with Crippen molar-refractivity contribution in [2.24, 2.45) is 11.7 Å². The lowest BCUT2D eigenvalue weighted by Gasteiger charge is -2.16. The Bertz CT molecular complexity index is 633. The minimum absolute atomic E-state index is 0.0884. The Labute approximate surface area is 125 Å². The van der Waals surface area contributed by atoms with Crippen molar-refractivity contribution in [3.8, 4) is 0 Å². The summed E-state index contributed by atoms with van der Waals surface area (Å²) in [5.41, 5.74) is 7.13. The van der Waals surface area contributed by atoms with E-state index in [2.05, 4.69) is 23.5 Å². The molecular formula is C18H22N2O. The number of amides is 1. The topological polar surface area (TPSA) is 55.1 Å². The number of hydrogen-bond acceptors (Lipinski definition) is 2. The molecule has 0 aromatic heterocycles. The van der Waals surface area contributed by atoms with Gasteiger partial charge in [0.2, 0.25) is 5.91 Å². The number of hydrogen-bond donors (Lipinski definition) is 2. The lowest BCUT2D eigenvalue weighted by atomic mass is 10.0. The molecule has 1 saturated carbocycles. The van der Waals surface area contributed by atoms with E-state index in [1.54, 1.807) is 0 Å². The van der Waals surface area contributed by atoms with Crippen molar-refractivity contribution >= 4 is 16.7 Å². The van der Waals surface area contributed by atoms with Gasteiger partial charge in [0.25, 0.3) is 0 Å². The van der Waals surface area contributed by atoms with Crippen molar-refractivity contribution in [3.05, 3.63) is 48.0 Å². The molecule has 0 radical (unpaired) electrons. The smallest absolute Gasteiger partial charge is 0.224 e. The van der Waals surface area contributed by atoms with Gasteiger partial charge in [-0.1, -0.05) is 48.9 Å². The molecule has 0 bridgehead atoms. The molecule has 2 aromatic rings. The fourth-order valence-electron chi connectivity index (χ4n) is 3.25. The molecule has 21 heavy (non-hydrogen) atoms. The highest BCUT2D eigenvalue weighted by Gasteiger charge is 2.24. The average Bonchev–Trinajstić information content (AvgIpc) is 2.91. The summed E-state index contributed by atoms with van der Waals surface area (Å²) in [7, 11) is 0. The Morgan fingerprint density at radius 1 is 1.14 bits per heavy atom. The van der Waals surface area contributed by atoms with Gasteiger partial charge in [-0.25, -0.2) is 0 Å². The van der Waals surface area contributed by atoms with Crippen molar-refractivity contribution < 1.29 is 4.79 Å². The van der Waals surface area contributed by atoms with E-state index >= 15 is 0 Å². The SMILES string of the molecule is NC1CCCC1CNC(=O)Cc1cccc2ccccc12. The first kappa shape index (κ1) is 14.1. The maximum atomic E-state index is 12.2. The fraction of sp³-hybridized carbons (Fsp3) is 0.389. The van der Waals surface area contributed by atoms with Gasteiger partial charge >= 0.3 is 0 Å². The third-order valence-electron chi connectivity index (χ3n) is 4.51. The van der Waals surface area contributed by atoms with Crippen LogP contribution >= 0.6 is 0 Å². The zero-order chi connectivity index (χ0) is 14.7. The Morgan fingerprint density at radius 2 is 1.95 bits per heavy atom. The molecule has 1 aliphatic carbocycles. The maximum Gasteiger partial charge on any atom is 0.224 e. The molecule has 2 atom stereocenters. The number of benzene rings is 2. The number of nitrogens with two attached hydrogens (primary N) is 1. The van der Waals surface area contributed by atoms with Crippen LogP contribution in [-0.2, 0) is 11.2 Å². The molecule has 3 N–H and O–H groups in total. The molecule has 0 aliphatic heterocycles. The molecule has 0 spiro atoms. The van der Waals surface area contributed by atoms with Crippen LogP contribution in [0.15, 0.2) is 42.5 Å². The van der Waals surface area contributed by atoms with Crippen LogP contribution in [0.4, 0.5) is 0 Å². The van der Waals surface area contributed by atoms with Crippen LogP contribution in [0.1, 0.15) is 24.8 Å². The molecule has 3 rings (SSSR count). The first-order valence-corrected chi connectivity index (χ1v) is 7.73. The van der Waals surface area contributed by atoms with Crippen LogP contribution in [0, 0.1) is 5.92 Å². The van der Waals surface area contributed by atoms with E-state index in [1.807, 2.05) is 24.3 Å². The average molecular weight is 282 g/mol. The van der Waals surface area contributed by atoms with Gasteiger partial charge in [-0.3, -0.25) is 4.79 Å². The summed E-state index contributed by atoms with van der Waals surface area (Å²) >= 11 is 0. The minimum atomic E-state index is 0.0884. The van der Waals surface area contributed by atoms with Gasteiger partial charge in [0.1, 0.15) is 0 Å². The van der Waals surface area contributed by atoms with E-state index in [-0.39, 0.29) is 11.9 Å². The van der Waals surface area contributed by atoms with Crippen LogP contribution in [0.2, 0.25) is 0 Å². The second kappa shape index (κ2) is 6.27. The quantitative estimate of drug-likeness (QED) is 0.905. The molecule has 110 valence electrons. The Kier molecular flexibility index (Phi) is 4.20. The van der Waals surface area contributed by atoms with Gasteiger partial charge in [0, 0.05) is 12.6 Å². The third kappa shape index (κ3) is 3.24. The largest absolute Gasteiger partial charge is 0.355 e. The number of carbonyl (C=O) groups is 1. The van der Waals surface area contributed by atoms with Gasteiger partial charge in [-0.15, -0.1) is 0 Å². The monoisotopic (exact) mass is 282 g/mol. The predicted molar refractivity (Wildman–Crippen MR) is 86.0 cm³/mol. The summed E-state index contributed by atoms with van der Waals surface area (Å²) in [5.74, 6) is 0.534. The lowest BCUT2D eigenvalue weighted by molar-refractivity contribution is -0.120. The maximum absolute atomic E-state index is 12.2. The van der Waals surface area contributed by atoms with Crippen LogP contribution in [0.25, 0.3) is 10.8 Å². The van der Waals surface area contributed by atoms with Crippen molar-refractivity contribution in [2.45, 2.75) is 31.7 Å². The normalized spacial score (nSPS) is 21.6. The van der Waals surface area contributed by atoms with Gasteiger partial charge in [-0.2, -0.15) is 0 Å². The summed E-state index contributed by atoms with van der Waals surface area (Å²) in [6.45, 7) is 0.713. The Hall–Kier alpha value is -1.87. The van der Waals surface area contributed by atoms with Crippen molar-refractivity contribution in [3.63, 3.8) is 0 Å². The second-order valence-corrected chi connectivity index (χ2v) is 5.97. The lowest BCUT2D eigenvalue weighted by Crippen LogP contribution is -2.36. The molecule has 3 nitrogen and oxygen atoms in total. The zero-order valence-corrected chi connectivity index (χ0v) is 12.2. The van der Waals surface area contributed by atoms with Crippen LogP contribution in [0.5, 0.6) is 0 Å². The first-order valence-electron chi connectivity index (χ1n) is 7.73. The summed E-state index contributed by atoms with van der Waals surface area (Å²) < 4.78 is 0. The summed E-state index contributed by atoms with van der Waals surface area (Å²) in [4.78, 5) is 12.2. The summed E-state index contributed by atoms with van der Waals surface area (Å²) in [6, 6.07) is 14.6. The Morgan fingerprint density at radius 3 is 2.76 bits per heavy atom. The second-order valence-electron chi connectivity index (χ2n) is 5.97. The molecule has 2 unspecified atom stereocenters. The highest BCUT2D eigenvalue weighted by Crippen LogP contribution is 2.23. The molecule has 1 aliphatic rings. The number of rotatable bonds is 4. The standard InChI is InChI=1S/C18H22N2O/c19-17-10-4-8-15(17)12-20-18(21)11-14-7-3-6-13-5-1-2-9-16(13)14/h1-3,5-7,9,15,17H,4,8,10-12,19H2,(H,20,21). The van der Waals surface area contributed by atoms with Crippen LogP contribution < -0.4 is 11.1 Å². The van der Waals surface area contributed by atoms with E-state index in [0.717, 1.165) is 23.8 Å². The fourth-order valence-corrected chi connectivity index (χ4v) is 3.25. The van der Waals surface area contributed by atoms with Gasteiger partial charge in [0.15, 0.2) is 0 Å². The van der Waals surface area contributed by atoms with Gasteiger partial charge in [-0.05, 0) is 35.1 Å². The molecule has 1 amide bonds. The third-order valence-corrected chi connectivity index (χ3v) is 4.51. The first-order chi connectivity index (χ1) is 10.2. The van der Waals surface area contributed by atoms with Crippen molar-refractivity contribution in [1.82, 2.24) is 5.32 Å². The highest BCUT2D eigenvalue weighted by atomic mass is 16.1. The highest BCUT2D eigenvalue weighted by molar-refractivity contribution is 5.90. The van der Waals surface area contributed by atoms with Crippen LogP contribution in [0.3, 0.4) is 0 Å².